The van der Waals surface area contributed by atoms with Crippen molar-refractivity contribution in [1.29, 1.82) is 0 Å². The van der Waals surface area contributed by atoms with Gasteiger partial charge in [-0.15, -0.1) is 0 Å². The van der Waals surface area contributed by atoms with Crippen LogP contribution >= 0.6 is 0 Å². The third-order valence-corrected chi connectivity index (χ3v) is 3.75. The predicted molar refractivity (Wildman–Crippen MR) is 80.9 cm³/mol. The highest BCUT2D eigenvalue weighted by Gasteiger charge is 2.13. The SMILES string of the molecule is Cc1noc2ncnc(Nc3ccc4c(c3)CCCN4)c12. The van der Waals surface area contributed by atoms with Gasteiger partial charge in [0.25, 0.3) is 5.71 Å². The van der Waals surface area contributed by atoms with Crippen LogP contribution in [0.1, 0.15) is 17.7 Å². The maximum absolute atomic E-state index is 5.17. The molecular weight excluding hydrogens is 266 g/mol. The van der Waals surface area contributed by atoms with E-state index in [0.29, 0.717) is 5.71 Å². The smallest absolute Gasteiger partial charge is 0.263 e. The Kier molecular flexibility index (Phi) is 2.73. The number of nitrogens with zero attached hydrogens (tertiary/aromatic N) is 3. The molecular formula is C15H15N5O. The molecule has 0 aliphatic carbocycles. The van der Waals surface area contributed by atoms with E-state index in [0.717, 1.165) is 35.6 Å². The van der Waals surface area contributed by atoms with E-state index in [1.54, 1.807) is 0 Å². The van der Waals surface area contributed by atoms with Crippen LogP contribution in [0.4, 0.5) is 17.2 Å². The van der Waals surface area contributed by atoms with Crippen molar-refractivity contribution in [3.05, 3.63) is 35.8 Å². The van der Waals surface area contributed by atoms with Gasteiger partial charge in [0.15, 0.2) is 0 Å². The van der Waals surface area contributed by atoms with Crippen molar-refractivity contribution in [3.8, 4) is 0 Å². The summed E-state index contributed by atoms with van der Waals surface area (Å²) in [6.07, 6.45) is 3.75. The molecule has 3 heterocycles. The molecule has 106 valence electrons. The third-order valence-electron chi connectivity index (χ3n) is 3.75. The first-order valence-electron chi connectivity index (χ1n) is 7.02. The number of aromatic nitrogens is 3. The van der Waals surface area contributed by atoms with E-state index in [1.807, 2.05) is 13.0 Å². The summed E-state index contributed by atoms with van der Waals surface area (Å²) in [5, 5.41) is 11.5. The fraction of sp³-hybridized carbons (Fsp3) is 0.267. The van der Waals surface area contributed by atoms with E-state index >= 15 is 0 Å². The average Bonchev–Trinajstić information content (AvgIpc) is 2.90. The Bertz CT molecular complexity index is 811. The lowest BCUT2D eigenvalue weighted by molar-refractivity contribution is 0.442. The largest absolute Gasteiger partial charge is 0.385 e. The normalized spacial score (nSPS) is 13.8. The zero-order valence-electron chi connectivity index (χ0n) is 11.7. The molecule has 0 amide bonds. The molecule has 0 saturated carbocycles. The van der Waals surface area contributed by atoms with Gasteiger partial charge in [-0.05, 0) is 43.5 Å². The summed E-state index contributed by atoms with van der Waals surface area (Å²) < 4.78 is 5.17. The molecule has 2 aromatic heterocycles. The molecule has 6 heteroatoms. The zero-order valence-corrected chi connectivity index (χ0v) is 11.7. The minimum absolute atomic E-state index is 0.504. The maximum atomic E-state index is 5.17. The van der Waals surface area contributed by atoms with Gasteiger partial charge in [-0.2, -0.15) is 4.98 Å². The van der Waals surface area contributed by atoms with Crippen LogP contribution in [0.15, 0.2) is 29.0 Å². The van der Waals surface area contributed by atoms with E-state index in [1.165, 1.54) is 24.0 Å². The summed E-state index contributed by atoms with van der Waals surface area (Å²) in [5.41, 5.74) is 4.86. The second-order valence-electron chi connectivity index (χ2n) is 5.20. The van der Waals surface area contributed by atoms with Gasteiger partial charge in [-0.1, -0.05) is 5.16 Å². The number of hydrogen-bond donors (Lipinski definition) is 2. The highest BCUT2D eigenvalue weighted by Crippen LogP contribution is 2.29. The van der Waals surface area contributed by atoms with Crippen molar-refractivity contribution >= 4 is 28.3 Å². The lowest BCUT2D eigenvalue weighted by Crippen LogP contribution is -2.11. The number of rotatable bonds is 2. The molecule has 0 bridgehead atoms. The number of nitrogens with one attached hydrogen (secondary N) is 2. The summed E-state index contributed by atoms with van der Waals surface area (Å²) in [5.74, 6) is 0.725. The first-order chi connectivity index (χ1) is 10.3. The summed E-state index contributed by atoms with van der Waals surface area (Å²) >= 11 is 0. The van der Waals surface area contributed by atoms with Crippen molar-refractivity contribution in [3.63, 3.8) is 0 Å². The quantitative estimate of drug-likeness (QED) is 0.752. The highest BCUT2D eigenvalue weighted by molar-refractivity contribution is 5.89. The minimum Gasteiger partial charge on any atom is -0.385 e. The van der Waals surface area contributed by atoms with E-state index in [2.05, 4.69) is 37.9 Å². The lowest BCUT2D eigenvalue weighted by atomic mass is 10.0. The molecule has 21 heavy (non-hydrogen) atoms. The van der Waals surface area contributed by atoms with Crippen molar-refractivity contribution in [1.82, 2.24) is 15.1 Å². The fourth-order valence-electron chi connectivity index (χ4n) is 2.71. The molecule has 2 N–H and O–H groups in total. The molecule has 1 aromatic carbocycles. The molecule has 1 aliphatic rings. The van der Waals surface area contributed by atoms with Gasteiger partial charge in [-0.25, -0.2) is 4.98 Å². The van der Waals surface area contributed by atoms with Crippen molar-refractivity contribution < 1.29 is 4.52 Å². The number of fused-ring (bicyclic) bond motifs is 2. The number of anilines is 3. The first-order valence-corrected chi connectivity index (χ1v) is 7.02. The van der Waals surface area contributed by atoms with Crippen LogP contribution in [0.5, 0.6) is 0 Å². The molecule has 0 spiro atoms. The molecule has 6 nitrogen and oxygen atoms in total. The Morgan fingerprint density at radius 1 is 1.29 bits per heavy atom. The maximum Gasteiger partial charge on any atom is 0.263 e. The van der Waals surface area contributed by atoms with Gasteiger partial charge >= 0.3 is 0 Å². The van der Waals surface area contributed by atoms with E-state index < -0.39 is 0 Å². The van der Waals surface area contributed by atoms with Crippen molar-refractivity contribution in [2.24, 2.45) is 0 Å². The second-order valence-corrected chi connectivity index (χ2v) is 5.20. The third kappa shape index (κ3) is 2.08. The summed E-state index contributed by atoms with van der Waals surface area (Å²) in [6.45, 7) is 2.93. The van der Waals surface area contributed by atoms with Crippen molar-refractivity contribution in [2.45, 2.75) is 19.8 Å². The van der Waals surface area contributed by atoms with E-state index in [-0.39, 0.29) is 0 Å². The summed E-state index contributed by atoms with van der Waals surface area (Å²) in [4.78, 5) is 8.39. The zero-order chi connectivity index (χ0) is 14.2. The van der Waals surface area contributed by atoms with Crippen LogP contribution in [-0.4, -0.2) is 21.7 Å². The van der Waals surface area contributed by atoms with E-state index in [4.69, 9.17) is 4.52 Å². The van der Waals surface area contributed by atoms with Crippen LogP contribution in [0, 0.1) is 6.92 Å². The van der Waals surface area contributed by atoms with Gasteiger partial charge in [0, 0.05) is 17.9 Å². The molecule has 0 fully saturated rings. The molecule has 1 aliphatic heterocycles. The Balaban J connectivity index is 1.73. The Morgan fingerprint density at radius 2 is 2.24 bits per heavy atom. The fourth-order valence-corrected chi connectivity index (χ4v) is 2.71. The first kappa shape index (κ1) is 12.1. The standard InChI is InChI=1S/C15H15N5O/c1-9-13-14(17-8-18-15(13)21-20-9)19-11-4-5-12-10(7-11)3-2-6-16-12/h4-5,7-8,16H,2-3,6H2,1H3,(H,17,18,19). The van der Waals surface area contributed by atoms with Crippen LogP contribution in [0.2, 0.25) is 0 Å². The van der Waals surface area contributed by atoms with Gasteiger partial charge < -0.3 is 15.2 Å². The predicted octanol–water partition coefficient (Wildman–Crippen LogP) is 3.03. The van der Waals surface area contributed by atoms with Gasteiger partial charge in [0.05, 0.1) is 5.69 Å². The highest BCUT2D eigenvalue weighted by atomic mass is 16.5. The lowest BCUT2D eigenvalue weighted by Gasteiger charge is -2.19. The second kappa shape index (κ2) is 4.73. The van der Waals surface area contributed by atoms with Gasteiger partial charge in [0.2, 0.25) is 0 Å². The number of hydrogen-bond acceptors (Lipinski definition) is 6. The summed E-state index contributed by atoms with van der Waals surface area (Å²) in [7, 11) is 0. The van der Waals surface area contributed by atoms with Gasteiger partial charge in [0.1, 0.15) is 17.5 Å². The Hall–Kier alpha value is -2.63. The van der Waals surface area contributed by atoms with Crippen LogP contribution in [0.25, 0.3) is 11.1 Å². The monoisotopic (exact) mass is 281 g/mol. The number of benzene rings is 1. The molecule has 4 rings (SSSR count). The van der Waals surface area contributed by atoms with Crippen LogP contribution in [-0.2, 0) is 6.42 Å². The molecule has 3 aromatic rings. The molecule has 0 atom stereocenters. The van der Waals surface area contributed by atoms with Crippen LogP contribution in [0.3, 0.4) is 0 Å². The molecule has 0 saturated heterocycles. The Labute approximate surface area is 121 Å². The Morgan fingerprint density at radius 3 is 3.19 bits per heavy atom. The van der Waals surface area contributed by atoms with E-state index in [9.17, 15) is 0 Å². The minimum atomic E-state index is 0.504. The topological polar surface area (TPSA) is 75.9 Å². The van der Waals surface area contributed by atoms with Crippen LogP contribution < -0.4 is 10.6 Å². The average molecular weight is 281 g/mol. The molecule has 0 unspecified atom stereocenters. The summed E-state index contributed by atoms with van der Waals surface area (Å²) in [6, 6.07) is 6.32. The number of aryl methyl sites for hydroxylation is 2. The molecule has 0 radical (unpaired) electrons. The van der Waals surface area contributed by atoms with Crippen molar-refractivity contribution in [2.75, 3.05) is 17.2 Å². The van der Waals surface area contributed by atoms with Gasteiger partial charge in [-0.3, -0.25) is 0 Å².